The zero-order valence-corrected chi connectivity index (χ0v) is 12.2. The molecule has 1 unspecified atom stereocenters. The molecule has 0 aliphatic carbocycles. The van der Waals surface area contributed by atoms with Gasteiger partial charge in [0.1, 0.15) is 0 Å². The number of nitrogens with one attached hydrogen (secondary N) is 1. The highest BCUT2D eigenvalue weighted by Crippen LogP contribution is 2.22. The number of ether oxygens (including phenoxy) is 1. The van der Waals surface area contributed by atoms with Gasteiger partial charge in [0.2, 0.25) is 0 Å². The Hall–Kier alpha value is -1.75. The van der Waals surface area contributed by atoms with Gasteiger partial charge in [0.25, 0.3) is 0 Å². The van der Waals surface area contributed by atoms with Gasteiger partial charge in [-0.25, -0.2) is 4.79 Å². The average molecular weight is 278 g/mol. The highest BCUT2D eigenvalue weighted by atomic mass is 16.5. The summed E-state index contributed by atoms with van der Waals surface area (Å²) >= 11 is 0. The standard InChI is InChI=1S/C15H22N2O3/c1-10-8-17(9-11(2)20-10)14-6-4-13(5-7-14)12(3)16-15(18)19/h4-7,10-12,16H,8-9H2,1-3H3,(H,18,19)/t10-,11+,12?. The molecule has 20 heavy (non-hydrogen) atoms. The van der Waals surface area contributed by atoms with Crippen molar-refractivity contribution < 1.29 is 14.6 Å². The summed E-state index contributed by atoms with van der Waals surface area (Å²) in [6, 6.07) is 7.82. The number of carboxylic acid groups (broad SMARTS) is 1. The zero-order valence-electron chi connectivity index (χ0n) is 12.2. The molecule has 1 aromatic carbocycles. The van der Waals surface area contributed by atoms with E-state index in [0.717, 1.165) is 24.3 Å². The van der Waals surface area contributed by atoms with Crippen molar-refractivity contribution in [2.75, 3.05) is 18.0 Å². The van der Waals surface area contributed by atoms with Gasteiger partial charge < -0.3 is 20.1 Å². The maximum atomic E-state index is 10.6. The van der Waals surface area contributed by atoms with Crippen LogP contribution in [0.2, 0.25) is 0 Å². The minimum Gasteiger partial charge on any atom is -0.465 e. The van der Waals surface area contributed by atoms with Crippen LogP contribution in [0.4, 0.5) is 10.5 Å². The number of carbonyl (C=O) groups is 1. The van der Waals surface area contributed by atoms with Crippen LogP contribution in [-0.2, 0) is 4.74 Å². The van der Waals surface area contributed by atoms with Gasteiger partial charge in [0.05, 0.1) is 18.2 Å². The number of morpholine rings is 1. The quantitative estimate of drug-likeness (QED) is 0.892. The lowest BCUT2D eigenvalue weighted by atomic mass is 10.1. The van der Waals surface area contributed by atoms with Crippen molar-refractivity contribution in [2.45, 2.75) is 39.0 Å². The van der Waals surface area contributed by atoms with Gasteiger partial charge in [-0.2, -0.15) is 0 Å². The Balaban J connectivity index is 2.06. The molecule has 5 nitrogen and oxygen atoms in total. The van der Waals surface area contributed by atoms with E-state index in [1.807, 2.05) is 31.2 Å². The molecule has 1 heterocycles. The summed E-state index contributed by atoms with van der Waals surface area (Å²) in [7, 11) is 0. The van der Waals surface area contributed by atoms with E-state index in [1.165, 1.54) is 0 Å². The van der Waals surface area contributed by atoms with Gasteiger partial charge in [-0.1, -0.05) is 12.1 Å². The molecule has 0 spiro atoms. The Labute approximate surface area is 119 Å². The molecular formula is C15H22N2O3. The Morgan fingerprint density at radius 1 is 1.30 bits per heavy atom. The second kappa shape index (κ2) is 6.13. The van der Waals surface area contributed by atoms with Crippen molar-refractivity contribution in [3.05, 3.63) is 29.8 Å². The maximum Gasteiger partial charge on any atom is 0.405 e. The molecule has 1 aliphatic rings. The van der Waals surface area contributed by atoms with Gasteiger partial charge in [-0.3, -0.25) is 0 Å². The molecule has 1 fully saturated rings. The molecule has 3 atom stereocenters. The molecule has 1 aliphatic heterocycles. The molecule has 0 radical (unpaired) electrons. The Kier molecular flexibility index (Phi) is 4.49. The molecule has 1 saturated heterocycles. The minimum atomic E-state index is -1.00. The van der Waals surface area contributed by atoms with Crippen LogP contribution >= 0.6 is 0 Å². The van der Waals surface area contributed by atoms with Gasteiger partial charge in [-0.05, 0) is 38.5 Å². The number of hydrogen-bond acceptors (Lipinski definition) is 3. The topological polar surface area (TPSA) is 61.8 Å². The van der Waals surface area contributed by atoms with Crippen LogP contribution in [0.5, 0.6) is 0 Å². The fraction of sp³-hybridized carbons (Fsp3) is 0.533. The summed E-state index contributed by atoms with van der Waals surface area (Å²) in [5.41, 5.74) is 2.11. The Bertz CT molecular complexity index is 451. The number of nitrogens with zero attached hydrogens (tertiary/aromatic N) is 1. The van der Waals surface area contributed by atoms with Crippen LogP contribution in [0.15, 0.2) is 24.3 Å². The van der Waals surface area contributed by atoms with E-state index in [4.69, 9.17) is 9.84 Å². The van der Waals surface area contributed by atoms with E-state index in [9.17, 15) is 4.79 Å². The molecule has 110 valence electrons. The second-order valence-electron chi connectivity index (χ2n) is 5.43. The molecule has 1 amide bonds. The monoisotopic (exact) mass is 278 g/mol. The molecule has 0 saturated carbocycles. The first-order valence-electron chi connectivity index (χ1n) is 6.95. The van der Waals surface area contributed by atoms with E-state index in [1.54, 1.807) is 0 Å². The maximum absolute atomic E-state index is 10.6. The van der Waals surface area contributed by atoms with Crippen molar-refractivity contribution in [3.8, 4) is 0 Å². The summed E-state index contributed by atoms with van der Waals surface area (Å²) in [6.45, 7) is 7.76. The van der Waals surface area contributed by atoms with Crippen molar-refractivity contribution in [1.29, 1.82) is 0 Å². The van der Waals surface area contributed by atoms with E-state index in [0.29, 0.717) is 0 Å². The highest BCUT2D eigenvalue weighted by molar-refractivity contribution is 5.65. The van der Waals surface area contributed by atoms with Gasteiger partial charge in [0.15, 0.2) is 0 Å². The SMILES string of the molecule is CC(NC(=O)O)c1ccc(N2C[C@@H](C)O[C@@H](C)C2)cc1. The first-order valence-corrected chi connectivity index (χ1v) is 6.95. The third kappa shape index (κ3) is 3.63. The number of anilines is 1. The average Bonchev–Trinajstić information content (AvgIpc) is 2.37. The van der Waals surface area contributed by atoms with E-state index < -0.39 is 6.09 Å². The van der Waals surface area contributed by atoms with Crippen LogP contribution in [0.25, 0.3) is 0 Å². The fourth-order valence-corrected chi connectivity index (χ4v) is 2.63. The Morgan fingerprint density at radius 3 is 2.35 bits per heavy atom. The van der Waals surface area contributed by atoms with Gasteiger partial charge >= 0.3 is 6.09 Å². The lowest BCUT2D eigenvalue weighted by Gasteiger charge is -2.37. The summed E-state index contributed by atoms with van der Waals surface area (Å²) in [4.78, 5) is 12.9. The van der Waals surface area contributed by atoms with Crippen LogP contribution in [0.3, 0.4) is 0 Å². The summed E-state index contributed by atoms with van der Waals surface area (Å²) in [5, 5.41) is 11.2. The first kappa shape index (κ1) is 14.7. The molecule has 5 heteroatoms. The van der Waals surface area contributed by atoms with Gasteiger partial charge in [-0.15, -0.1) is 0 Å². The van der Waals surface area contributed by atoms with E-state index >= 15 is 0 Å². The number of amides is 1. The molecule has 0 aromatic heterocycles. The third-order valence-electron chi connectivity index (χ3n) is 3.52. The van der Waals surface area contributed by atoms with Crippen molar-refractivity contribution in [3.63, 3.8) is 0 Å². The zero-order chi connectivity index (χ0) is 14.7. The van der Waals surface area contributed by atoms with Crippen LogP contribution in [-0.4, -0.2) is 36.5 Å². The first-order chi connectivity index (χ1) is 9.45. The molecule has 1 aromatic rings. The van der Waals surface area contributed by atoms with Crippen molar-refractivity contribution >= 4 is 11.8 Å². The van der Waals surface area contributed by atoms with E-state index in [-0.39, 0.29) is 18.2 Å². The van der Waals surface area contributed by atoms with Crippen LogP contribution < -0.4 is 10.2 Å². The van der Waals surface area contributed by atoms with Crippen LogP contribution in [0.1, 0.15) is 32.4 Å². The second-order valence-corrected chi connectivity index (χ2v) is 5.43. The minimum absolute atomic E-state index is 0.205. The van der Waals surface area contributed by atoms with Crippen molar-refractivity contribution in [1.82, 2.24) is 5.32 Å². The molecule has 2 rings (SSSR count). The Morgan fingerprint density at radius 2 is 1.85 bits per heavy atom. The predicted octanol–water partition coefficient (Wildman–Crippen LogP) is 2.63. The molecule has 2 N–H and O–H groups in total. The summed E-state index contributed by atoms with van der Waals surface area (Å²) in [6.07, 6.45) is -0.547. The lowest BCUT2D eigenvalue weighted by molar-refractivity contribution is -0.00521. The normalized spacial score (nSPS) is 24.2. The fourth-order valence-electron chi connectivity index (χ4n) is 2.63. The number of benzene rings is 1. The highest BCUT2D eigenvalue weighted by Gasteiger charge is 2.22. The smallest absolute Gasteiger partial charge is 0.405 e. The summed E-state index contributed by atoms with van der Waals surface area (Å²) in [5.74, 6) is 0. The van der Waals surface area contributed by atoms with E-state index in [2.05, 4.69) is 24.1 Å². The largest absolute Gasteiger partial charge is 0.465 e. The lowest BCUT2D eigenvalue weighted by Crippen LogP contribution is -2.45. The van der Waals surface area contributed by atoms with Crippen molar-refractivity contribution in [2.24, 2.45) is 0 Å². The third-order valence-corrected chi connectivity index (χ3v) is 3.52. The predicted molar refractivity (Wildman–Crippen MR) is 78.2 cm³/mol. The van der Waals surface area contributed by atoms with Gasteiger partial charge in [0, 0.05) is 18.8 Å². The number of rotatable bonds is 3. The van der Waals surface area contributed by atoms with Crippen LogP contribution in [0, 0.1) is 0 Å². The number of hydrogen-bond donors (Lipinski definition) is 2. The summed E-state index contributed by atoms with van der Waals surface area (Å²) < 4.78 is 5.73. The molecule has 0 bridgehead atoms. The molecular weight excluding hydrogens is 256 g/mol.